The Labute approximate surface area is 119 Å². The summed E-state index contributed by atoms with van der Waals surface area (Å²) in [6.07, 6.45) is 4.46. The van der Waals surface area contributed by atoms with Crippen molar-refractivity contribution in [3.05, 3.63) is 34.4 Å². The van der Waals surface area contributed by atoms with Gasteiger partial charge in [0, 0.05) is 12.7 Å². The molecule has 1 amide bonds. The van der Waals surface area contributed by atoms with E-state index >= 15 is 0 Å². The molecule has 0 spiro atoms. The summed E-state index contributed by atoms with van der Waals surface area (Å²) >= 11 is 0. The second-order valence-corrected chi connectivity index (χ2v) is 4.12. The number of rotatable bonds is 6. The lowest BCUT2D eigenvalue weighted by atomic mass is 10.3. The maximum atomic E-state index is 11.3. The van der Waals surface area contributed by atoms with Crippen molar-refractivity contribution in [2.24, 2.45) is 5.73 Å². The van der Waals surface area contributed by atoms with Crippen molar-refractivity contribution >= 4 is 17.4 Å². The molecule has 3 N–H and O–H groups in total. The summed E-state index contributed by atoms with van der Waals surface area (Å²) < 4.78 is 1.12. The second kappa shape index (κ2) is 5.94. The Morgan fingerprint density at radius 2 is 2.29 bits per heavy atom. The van der Waals surface area contributed by atoms with Crippen molar-refractivity contribution < 1.29 is 9.72 Å². The number of aromatic nitrogens is 4. The van der Waals surface area contributed by atoms with Crippen molar-refractivity contribution in [1.29, 1.82) is 0 Å². The first-order chi connectivity index (χ1) is 10.0. The van der Waals surface area contributed by atoms with Crippen LogP contribution in [0, 0.1) is 10.1 Å². The highest BCUT2D eigenvalue weighted by molar-refractivity contribution is 5.92. The highest BCUT2D eigenvalue weighted by atomic mass is 16.6. The molecule has 0 saturated carbocycles. The minimum Gasteiger partial charge on any atom is -0.366 e. The van der Waals surface area contributed by atoms with Crippen LogP contribution in [0.2, 0.25) is 0 Å². The molecule has 2 rings (SSSR count). The van der Waals surface area contributed by atoms with Crippen molar-refractivity contribution in [1.82, 2.24) is 19.7 Å². The van der Waals surface area contributed by atoms with E-state index in [9.17, 15) is 14.9 Å². The minimum atomic E-state index is -0.678. The van der Waals surface area contributed by atoms with Crippen LogP contribution in [0.1, 0.15) is 23.7 Å². The van der Waals surface area contributed by atoms with Crippen LogP contribution >= 0.6 is 0 Å². The van der Waals surface area contributed by atoms with Gasteiger partial charge in [-0.05, 0) is 6.42 Å². The first-order valence-corrected chi connectivity index (χ1v) is 6.12. The average Bonchev–Trinajstić information content (AvgIpc) is 2.94. The second-order valence-electron chi connectivity index (χ2n) is 4.12. The largest absolute Gasteiger partial charge is 0.366 e. The lowest BCUT2D eigenvalue weighted by Gasteiger charge is -2.07. The number of nitrogens with zero attached hydrogens (tertiary/aromatic N) is 5. The number of hydrogen-bond donors (Lipinski definition) is 2. The summed E-state index contributed by atoms with van der Waals surface area (Å²) in [4.78, 5) is 29.5. The third-order valence-electron chi connectivity index (χ3n) is 2.61. The van der Waals surface area contributed by atoms with Crippen molar-refractivity contribution in [3.63, 3.8) is 0 Å². The van der Waals surface area contributed by atoms with Gasteiger partial charge in [0.2, 0.25) is 11.6 Å². The third-order valence-corrected chi connectivity index (χ3v) is 2.61. The van der Waals surface area contributed by atoms with E-state index in [0.29, 0.717) is 6.54 Å². The predicted octanol–water partition coefficient (Wildman–Crippen LogP) is 0.491. The van der Waals surface area contributed by atoms with Gasteiger partial charge in [-0.3, -0.25) is 14.9 Å². The normalized spacial score (nSPS) is 10.3. The fraction of sp³-hybridized carbons (Fsp3) is 0.273. The van der Waals surface area contributed by atoms with Gasteiger partial charge in [-0.2, -0.15) is 5.10 Å². The molecule has 0 unspecified atom stereocenters. The summed E-state index contributed by atoms with van der Waals surface area (Å²) in [6.45, 7) is 2.45. The highest BCUT2D eigenvalue weighted by Crippen LogP contribution is 2.27. The maximum Gasteiger partial charge on any atom is 0.355 e. The lowest BCUT2D eigenvalue weighted by Crippen LogP contribution is -2.11. The molecule has 10 nitrogen and oxygen atoms in total. The van der Waals surface area contributed by atoms with Crippen LogP contribution < -0.4 is 11.1 Å². The SMILES string of the molecule is CCCNc1ncnc(-n2cc(C(N)=O)cn2)c1[N+](=O)[O-]. The van der Waals surface area contributed by atoms with Gasteiger partial charge in [-0.15, -0.1) is 0 Å². The van der Waals surface area contributed by atoms with Crippen molar-refractivity contribution in [2.45, 2.75) is 13.3 Å². The van der Waals surface area contributed by atoms with Gasteiger partial charge >= 0.3 is 5.69 Å². The fourth-order valence-electron chi connectivity index (χ4n) is 1.64. The standard InChI is InChI=1S/C11H13N7O3/c1-2-3-13-10-8(18(20)21)11(15-6-14-10)17-5-7(4-16-17)9(12)19/h4-6H,2-3H2,1H3,(H2,12,19)(H,13,14,15). The van der Waals surface area contributed by atoms with Gasteiger partial charge in [0.25, 0.3) is 5.91 Å². The van der Waals surface area contributed by atoms with Crippen molar-refractivity contribution in [3.8, 4) is 5.82 Å². The molecular formula is C11H13N7O3. The lowest BCUT2D eigenvalue weighted by molar-refractivity contribution is -0.384. The number of carbonyl (C=O) groups excluding carboxylic acids is 1. The Morgan fingerprint density at radius 1 is 1.52 bits per heavy atom. The van der Waals surface area contributed by atoms with E-state index in [0.717, 1.165) is 11.1 Å². The molecule has 2 aromatic rings. The number of nitrogens with two attached hydrogens (primary N) is 1. The first-order valence-electron chi connectivity index (χ1n) is 6.12. The first kappa shape index (κ1) is 14.4. The van der Waals surface area contributed by atoms with Gasteiger partial charge in [-0.25, -0.2) is 14.6 Å². The zero-order valence-electron chi connectivity index (χ0n) is 11.2. The molecule has 2 aromatic heterocycles. The van der Waals surface area contributed by atoms with E-state index < -0.39 is 10.8 Å². The molecule has 0 saturated heterocycles. The molecule has 110 valence electrons. The number of hydrogen-bond acceptors (Lipinski definition) is 7. The summed E-state index contributed by atoms with van der Waals surface area (Å²) in [5, 5.41) is 18.0. The molecule has 10 heteroatoms. The molecule has 0 aliphatic heterocycles. The molecular weight excluding hydrogens is 278 g/mol. The smallest absolute Gasteiger partial charge is 0.355 e. The summed E-state index contributed by atoms with van der Waals surface area (Å²) in [5.74, 6) is -0.619. The molecule has 0 aromatic carbocycles. The number of carbonyl (C=O) groups is 1. The van der Waals surface area contributed by atoms with E-state index in [1.807, 2.05) is 6.92 Å². The summed E-state index contributed by atoms with van der Waals surface area (Å²) in [6, 6.07) is 0. The van der Waals surface area contributed by atoms with Crippen LogP contribution in [0.15, 0.2) is 18.7 Å². The van der Waals surface area contributed by atoms with Gasteiger partial charge < -0.3 is 11.1 Å². The average molecular weight is 291 g/mol. The molecule has 0 fully saturated rings. The molecule has 21 heavy (non-hydrogen) atoms. The number of nitro groups is 1. The fourth-order valence-corrected chi connectivity index (χ4v) is 1.64. The molecule has 0 radical (unpaired) electrons. The van der Waals surface area contributed by atoms with Crippen LogP contribution in [0.4, 0.5) is 11.5 Å². The number of anilines is 1. The van der Waals surface area contributed by atoms with Crippen LogP contribution in [-0.2, 0) is 0 Å². The highest BCUT2D eigenvalue weighted by Gasteiger charge is 2.24. The molecule has 0 atom stereocenters. The van der Waals surface area contributed by atoms with E-state index in [-0.39, 0.29) is 22.9 Å². The Morgan fingerprint density at radius 3 is 2.86 bits per heavy atom. The summed E-state index contributed by atoms with van der Waals surface area (Å²) in [5.41, 5.74) is 4.94. The van der Waals surface area contributed by atoms with Gasteiger partial charge in [0.05, 0.1) is 16.7 Å². The number of amides is 1. The van der Waals surface area contributed by atoms with Gasteiger partial charge in [0.15, 0.2) is 0 Å². The predicted molar refractivity (Wildman–Crippen MR) is 73.1 cm³/mol. The Hall–Kier alpha value is -3.04. The van der Waals surface area contributed by atoms with Crippen LogP contribution in [0.3, 0.4) is 0 Å². The van der Waals surface area contributed by atoms with Crippen molar-refractivity contribution in [2.75, 3.05) is 11.9 Å². The van der Waals surface area contributed by atoms with Crippen LogP contribution in [-0.4, -0.2) is 37.1 Å². The van der Waals surface area contributed by atoms with E-state index in [1.54, 1.807) is 0 Å². The minimum absolute atomic E-state index is 0.0406. The quantitative estimate of drug-likeness (QED) is 0.582. The monoisotopic (exact) mass is 291 g/mol. The van der Waals surface area contributed by atoms with Gasteiger partial charge in [0.1, 0.15) is 6.33 Å². The van der Waals surface area contributed by atoms with Crippen LogP contribution in [0.25, 0.3) is 5.82 Å². The molecule has 0 aliphatic rings. The topological polar surface area (TPSA) is 142 Å². The Kier molecular flexibility index (Phi) is 4.07. The van der Waals surface area contributed by atoms with Gasteiger partial charge in [-0.1, -0.05) is 6.92 Å². The zero-order chi connectivity index (χ0) is 15.4. The van der Waals surface area contributed by atoms with E-state index in [4.69, 9.17) is 5.73 Å². The third kappa shape index (κ3) is 2.94. The maximum absolute atomic E-state index is 11.3. The number of primary amides is 1. The Balaban J connectivity index is 2.51. The summed E-state index contributed by atoms with van der Waals surface area (Å²) in [7, 11) is 0. The molecule has 0 bridgehead atoms. The van der Waals surface area contributed by atoms with Crippen LogP contribution in [0.5, 0.6) is 0 Å². The van der Waals surface area contributed by atoms with E-state index in [2.05, 4.69) is 20.4 Å². The molecule has 2 heterocycles. The Bertz CT molecular complexity index is 682. The zero-order valence-corrected chi connectivity index (χ0v) is 11.2. The molecule has 0 aliphatic carbocycles. The number of nitrogens with one attached hydrogen (secondary N) is 1. The van der Waals surface area contributed by atoms with E-state index in [1.165, 1.54) is 18.7 Å².